The molecule has 2 aromatic carbocycles. The molecule has 0 radical (unpaired) electrons. The number of aryl methyl sites for hydroxylation is 1. The van der Waals surface area contributed by atoms with E-state index in [1.165, 1.54) is 35.6 Å². The Morgan fingerprint density at radius 2 is 1.76 bits per heavy atom. The van der Waals surface area contributed by atoms with Crippen LogP contribution in [0.5, 0.6) is 0 Å². The molecule has 1 amide bonds. The molecule has 4 aromatic rings. The zero-order chi connectivity index (χ0) is 23.2. The molecule has 8 heteroatoms. The topological polar surface area (TPSA) is 76.9 Å². The summed E-state index contributed by atoms with van der Waals surface area (Å²) >= 11 is 2.86. The Hall–Kier alpha value is -3.23. The van der Waals surface area contributed by atoms with E-state index in [4.69, 9.17) is 0 Å². The summed E-state index contributed by atoms with van der Waals surface area (Å²) in [5.74, 6) is 1.01. The fourth-order valence-electron chi connectivity index (χ4n) is 3.29. The van der Waals surface area contributed by atoms with Gasteiger partial charge in [-0.3, -0.25) is 14.2 Å². The summed E-state index contributed by atoms with van der Waals surface area (Å²) in [4.78, 5) is 25.7. The van der Waals surface area contributed by atoms with Crippen molar-refractivity contribution in [3.8, 4) is 17.1 Å². The minimum atomic E-state index is -0.0492. The molecular weight excluding hydrogens is 452 g/mol. The number of carbonyl (C=O) groups is 2. The van der Waals surface area contributed by atoms with E-state index in [9.17, 15) is 9.59 Å². The van der Waals surface area contributed by atoms with Crippen molar-refractivity contribution in [2.24, 2.45) is 0 Å². The van der Waals surface area contributed by atoms with Crippen LogP contribution in [0.3, 0.4) is 0 Å². The van der Waals surface area contributed by atoms with Crippen LogP contribution in [-0.2, 0) is 11.2 Å². The third-order valence-electron chi connectivity index (χ3n) is 4.97. The molecule has 0 spiro atoms. The molecule has 1 N–H and O–H groups in total. The number of Topliss-reactive ketones (excluding diaryl/α,β-unsaturated/α-hetero) is 1. The molecule has 0 aliphatic carbocycles. The van der Waals surface area contributed by atoms with Crippen molar-refractivity contribution in [3.05, 3.63) is 82.0 Å². The van der Waals surface area contributed by atoms with Gasteiger partial charge in [-0.1, -0.05) is 59.8 Å². The lowest BCUT2D eigenvalue weighted by Crippen LogP contribution is -2.22. The Bertz CT molecular complexity index is 1250. The summed E-state index contributed by atoms with van der Waals surface area (Å²) in [5, 5.41) is 12.3. The van der Waals surface area contributed by atoms with Gasteiger partial charge in [-0.2, -0.15) is 0 Å². The lowest BCUT2D eigenvalue weighted by Gasteiger charge is -2.10. The molecule has 0 aliphatic heterocycles. The molecule has 6 nitrogen and oxygen atoms in total. The van der Waals surface area contributed by atoms with E-state index in [-0.39, 0.29) is 17.4 Å². The quantitative estimate of drug-likeness (QED) is 0.273. The van der Waals surface area contributed by atoms with Crippen molar-refractivity contribution < 1.29 is 9.59 Å². The standard InChI is InChI=1S/C25H24N4O2S2/c1-17-8-10-20(11-9-17)29-24(19-6-4-3-5-7-19)27-28-25(29)32-16-22(31)23-13-12-21(33-23)14-15-26-18(2)30/h3-13H,14-16H2,1-2H3,(H,26,30). The van der Waals surface area contributed by atoms with Gasteiger partial charge < -0.3 is 5.32 Å². The predicted molar refractivity (Wildman–Crippen MR) is 133 cm³/mol. The minimum absolute atomic E-state index is 0.0492. The third-order valence-corrected chi connectivity index (χ3v) is 7.09. The number of aromatic nitrogens is 3. The van der Waals surface area contributed by atoms with Crippen LogP contribution in [0.25, 0.3) is 17.1 Å². The second-order valence-electron chi connectivity index (χ2n) is 7.55. The first-order valence-corrected chi connectivity index (χ1v) is 12.4. The van der Waals surface area contributed by atoms with Gasteiger partial charge in [0.15, 0.2) is 16.8 Å². The Labute approximate surface area is 201 Å². The van der Waals surface area contributed by atoms with Gasteiger partial charge in [-0.15, -0.1) is 21.5 Å². The normalized spacial score (nSPS) is 10.8. The maximum absolute atomic E-state index is 12.8. The number of thioether (sulfide) groups is 1. The van der Waals surface area contributed by atoms with Crippen LogP contribution in [0.2, 0.25) is 0 Å². The fraction of sp³-hybridized carbons (Fsp3) is 0.200. The average Bonchev–Trinajstić information content (AvgIpc) is 3.46. The second-order valence-corrected chi connectivity index (χ2v) is 9.66. The van der Waals surface area contributed by atoms with Gasteiger partial charge in [-0.25, -0.2) is 0 Å². The number of thiophene rings is 1. The summed E-state index contributed by atoms with van der Waals surface area (Å²) in [5.41, 5.74) is 3.09. The Morgan fingerprint density at radius 1 is 1.00 bits per heavy atom. The van der Waals surface area contributed by atoms with Gasteiger partial charge in [0.1, 0.15) is 0 Å². The Balaban J connectivity index is 1.52. The van der Waals surface area contributed by atoms with Crippen LogP contribution in [0.15, 0.2) is 71.9 Å². The molecule has 4 rings (SSSR count). The monoisotopic (exact) mass is 476 g/mol. The van der Waals surface area contributed by atoms with E-state index in [2.05, 4.69) is 27.6 Å². The van der Waals surface area contributed by atoms with Gasteiger partial charge in [0, 0.05) is 29.6 Å². The van der Waals surface area contributed by atoms with Crippen LogP contribution >= 0.6 is 23.1 Å². The summed E-state index contributed by atoms with van der Waals surface area (Å²) in [7, 11) is 0. The smallest absolute Gasteiger partial charge is 0.216 e. The Morgan fingerprint density at radius 3 is 2.48 bits per heavy atom. The van der Waals surface area contributed by atoms with Gasteiger partial charge in [-0.05, 0) is 37.6 Å². The number of hydrogen-bond donors (Lipinski definition) is 1. The van der Waals surface area contributed by atoms with Gasteiger partial charge >= 0.3 is 0 Å². The molecule has 2 aromatic heterocycles. The summed E-state index contributed by atoms with van der Waals surface area (Å²) in [6, 6.07) is 21.9. The average molecular weight is 477 g/mol. The first kappa shape index (κ1) is 22.9. The van der Waals surface area contributed by atoms with Crippen LogP contribution in [-0.4, -0.2) is 38.8 Å². The van der Waals surface area contributed by atoms with E-state index in [1.807, 2.05) is 66.1 Å². The largest absolute Gasteiger partial charge is 0.356 e. The number of nitrogens with one attached hydrogen (secondary N) is 1. The first-order chi connectivity index (χ1) is 16.0. The maximum Gasteiger partial charge on any atom is 0.216 e. The van der Waals surface area contributed by atoms with Crippen LogP contribution < -0.4 is 5.32 Å². The van der Waals surface area contributed by atoms with Crippen molar-refractivity contribution >= 4 is 34.8 Å². The molecule has 0 fully saturated rings. The van der Waals surface area contributed by atoms with Gasteiger partial charge in [0.25, 0.3) is 0 Å². The van der Waals surface area contributed by atoms with E-state index in [1.54, 1.807) is 0 Å². The lowest BCUT2D eigenvalue weighted by molar-refractivity contribution is -0.118. The molecular formula is C25H24N4O2S2. The van der Waals surface area contributed by atoms with Crippen LogP contribution in [0, 0.1) is 6.92 Å². The number of carbonyl (C=O) groups excluding carboxylic acids is 2. The van der Waals surface area contributed by atoms with Crippen LogP contribution in [0.1, 0.15) is 27.0 Å². The summed E-state index contributed by atoms with van der Waals surface area (Å²) in [6.07, 6.45) is 0.715. The van der Waals surface area contributed by atoms with Crippen LogP contribution in [0.4, 0.5) is 0 Å². The van der Waals surface area contributed by atoms with E-state index < -0.39 is 0 Å². The molecule has 168 valence electrons. The number of rotatable bonds is 9. The Kier molecular flexibility index (Phi) is 7.36. The van der Waals surface area contributed by atoms with Crippen molar-refractivity contribution in [2.45, 2.75) is 25.4 Å². The van der Waals surface area contributed by atoms with E-state index >= 15 is 0 Å². The SMILES string of the molecule is CC(=O)NCCc1ccc(C(=O)CSc2nnc(-c3ccccc3)n2-c2ccc(C)cc2)s1. The highest BCUT2D eigenvalue weighted by Gasteiger charge is 2.18. The van der Waals surface area contributed by atoms with Crippen molar-refractivity contribution in [2.75, 3.05) is 12.3 Å². The molecule has 0 unspecified atom stereocenters. The van der Waals surface area contributed by atoms with Crippen molar-refractivity contribution in [1.82, 2.24) is 20.1 Å². The highest BCUT2D eigenvalue weighted by molar-refractivity contribution is 7.99. The number of nitrogens with zero attached hydrogens (tertiary/aromatic N) is 3. The van der Waals surface area contributed by atoms with Gasteiger partial charge in [0.2, 0.25) is 5.91 Å². The third kappa shape index (κ3) is 5.77. The molecule has 0 aliphatic rings. The molecule has 33 heavy (non-hydrogen) atoms. The molecule has 0 bridgehead atoms. The number of benzene rings is 2. The summed E-state index contributed by atoms with van der Waals surface area (Å²) < 4.78 is 2.00. The van der Waals surface area contributed by atoms with Crippen molar-refractivity contribution in [3.63, 3.8) is 0 Å². The van der Waals surface area contributed by atoms with E-state index in [0.717, 1.165) is 22.0 Å². The minimum Gasteiger partial charge on any atom is -0.356 e. The lowest BCUT2D eigenvalue weighted by atomic mass is 10.2. The highest BCUT2D eigenvalue weighted by atomic mass is 32.2. The van der Waals surface area contributed by atoms with Crippen molar-refractivity contribution in [1.29, 1.82) is 0 Å². The maximum atomic E-state index is 12.8. The highest BCUT2D eigenvalue weighted by Crippen LogP contribution is 2.29. The van der Waals surface area contributed by atoms with Gasteiger partial charge in [0.05, 0.1) is 10.6 Å². The summed E-state index contributed by atoms with van der Waals surface area (Å²) in [6.45, 7) is 4.12. The first-order valence-electron chi connectivity index (χ1n) is 10.6. The molecule has 0 atom stereocenters. The van der Waals surface area contributed by atoms with E-state index in [0.29, 0.717) is 23.0 Å². The second kappa shape index (κ2) is 10.6. The fourth-order valence-corrected chi connectivity index (χ4v) is 5.16. The zero-order valence-corrected chi connectivity index (χ0v) is 20.1. The molecule has 0 saturated carbocycles. The molecule has 2 heterocycles. The zero-order valence-electron chi connectivity index (χ0n) is 18.4. The number of hydrogen-bond acceptors (Lipinski definition) is 6. The number of ketones is 1. The molecule has 0 saturated heterocycles. The predicted octanol–water partition coefficient (Wildman–Crippen LogP) is 4.96. The number of amides is 1.